The minimum atomic E-state index is -2.56. The zero-order valence-corrected chi connectivity index (χ0v) is 7.15. The van der Waals surface area contributed by atoms with Gasteiger partial charge in [-0.1, -0.05) is 6.07 Å². The molecule has 0 aliphatic carbocycles. The lowest BCUT2D eigenvalue weighted by Crippen LogP contribution is -2.19. The largest absolute Gasteiger partial charge is 0.748 e. The first kappa shape index (κ1) is 9.11. The molecule has 1 rings (SSSR count). The summed E-state index contributed by atoms with van der Waals surface area (Å²) >= 11 is -2.56. The third-order valence-corrected chi connectivity index (χ3v) is 1.49. The van der Waals surface area contributed by atoms with Crippen LogP contribution in [0.5, 0.6) is 0 Å². The van der Waals surface area contributed by atoms with Crippen molar-refractivity contribution in [3.8, 4) is 0 Å². The predicted molar refractivity (Wildman–Crippen MR) is 42.6 cm³/mol. The Labute approximate surface area is 72.4 Å². The number of hydrogen-bond donors (Lipinski definition) is 0. The summed E-state index contributed by atoms with van der Waals surface area (Å²) in [7, 11) is 1.46. The number of nitrogens with zero attached hydrogens (tertiary/aromatic N) is 2. The molecule has 0 aliphatic heterocycles. The van der Waals surface area contributed by atoms with E-state index in [1.807, 2.05) is 0 Å². The van der Waals surface area contributed by atoms with Gasteiger partial charge in [0.15, 0.2) is 5.82 Å². The standard InChI is InChI=1S/C6H8N2O3S/c1-8(11-12(9)10)6-4-2-3-5-7-6/h2-5H,1H3,(H,9,10)/p-1. The van der Waals surface area contributed by atoms with Gasteiger partial charge in [0.25, 0.3) is 0 Å². The minimum Gasteiger partial charge on any atom is -0.748 e. The van der Waals surface area contributed by atoms with Gasteiger partial charge in [0.05, 0.1) is 0 Å². The topological polar surface area (TPSA) is 65.5 Å². The maximum absolute atomic E-state index is 10.1. The lowest BCUT2D eigenvalue weighted by atomic mass is 10.5. The second-order valence-corrected chi connectivity index (χ2v) is 2.52. The Morgan fingerprint density at radius 2 is 2.42 bits per heavy atom. The number of rotatable bonds is 3. The molecule has 66 valence electrons. The van der Waals surface area contributed by atoms with Crippen LogP contribution in [0.2, 0.25) is 0 Å². The second kappa shape index (κ2) is 4.15. The van der Waals surface area contributed by atoms with E-state index in [2.05, 4.69) is 9.27 Å². The first-order valence-electron chi connectivity index (χ1n) is 3.12. The summed E-state index contributed by atoms with van der Waals surface area (Å²) in [6.45, 7) is 0. The van der Waals surface area contributed by atoms with Crippen LogP contribution in [0.25, 0.3) is 0 Å². The highest BCUT2D eigenvalue weighted by Gasteiger charge is 2.00. The van der Waals surface area contributed by atoms with Crippen molar-refractivity contribution in [3.05, 3.63) is 24.4 Å². The summed E-state index contributed by atoms with van der Waals surface area (Å²) in [4.78, 5) is 3.86. The molecule has 0 saturated heterocycles. The highest BCUT2D eigenvalue weighted by Crippen LogP contribution is 2.06. The Kier molecular flexibility index (Phi) is 3.15. The zero-order valence-electron chi connectivity index (χ0n) is 6.34. The van der Waals surface area contributed by atoms with Gasteiger partial charge in [-0.15, -0.1) is 0 Å². The van der Waals surface area contributed by atoms with E-state index >= 15 is 0 Å². The predicted octanol–water partition coefficient (Wildman–Crippen LogP) is 0.244. The molecular weight excluding hydrogens is 180 g/mol. The Morgan fingerprint density at radius 3 is 2.92 bits per heavy atom. The van der Waals surface area contributed by atoms with E-state index in [9.17, 15) is 8.76 Å². The average molecular weight is 187 g/mol. The fraction of sp³-hybridized carbons (Fsp3) is 0.167. The second-order valence-electron chi connectivity index (χ2n) is 1.96. The molecule has 0 spiro atoms. The molecule has 5 nitrogen and oxygen atoms in total. The van der Waals surface area contributed by atoms with Crippen LogP contribution in [0.1, 0.15) is 0 Å². The number of aromatic nitrogens is 1. The third-order valence-electron chi connectivity index (χ3n) is 1.14. The third kappa shape index (κ3) is 2.57. The summed E-state index contributed by atoms with van der Waals surface area (Å²) in [5.74, 6) is 0.432. The molecule has 6 heteroatoms. The molecule has 0 radical (unpaired) electrons. The molecule has 0 bridgehead atoms. The quantitative estimate of drug-likeness (QED) is 0.501. The van der Waals surface area contributed by atoms with Crippen LogP contribution in [-0.2, 0) is 15.6 Å². The van der Waals surface area contributed by atoms with Gasteiger partial charge in [-0.25, -0.2) is 14.3 Å². The molecule has 12 heavy (non-hydrogen) atoms. The fourth-order valence-corrected chi connectivity index (χ4v) is 0.928. The molecule has 0 saturated carbocycles. The Hall–Kier alpha value is -0.980. The monoisotopic (exact) mass is 187 g/mol. The number of hydroxylamine groups is 1. The lowest BCUT2D eigenvalue weighted by Gasteiger charge is -2.17. The molecule has 0 aromatic carbocycles. The Bertz CT molecular complexity index is 267. The van der Waals surface area contributed by atoms with Crippen molar-refractivity contribution in [2.75, 3.05) is 12.1 Å². The van der Waals surface area contributed by atoms with Crippen molar-refractivity contribution in [1.82, 2.24) is 4.98 Å². The normalized spacial score (nSPS) is 12.5. The SMILES string of the molecule is CN(OS(=O)[O-])c1ccccn1. The Balaban J connectivity index is 2.65. The van der Waals surface area contributed by atoms with Gasteiger partial charge < -0.3 is 4.55 Å². The van der Waals surface area contributed by atoms with Crippen LogP contribution in [0.3, 0.4) is 0 Å². The van der Waals surface area contributed by atoms with E-state index in [0.717, 1.165) is 5.06 Å². The van der Waals surface area contributed by atoms with Crippen molar-refractivity contribution >= 4 is 17.2 Å². The molecule has 1 aromatic rings. The van der Waals surface area contributed by atoms with Crippen molar-refractivity contribution in [2.45, 2.75) is 0 Å². The molecule has 1 heterocycles. The Morgan fingerprint density at radius 1 is 1.67 bits per heavy atom. The van der Waals surface area contributed by atoms with E-state index in [1.165, 1.54) is 7.05 Å². The van der Waals surface area contributed by atoms with Crippen LogP contribution in [-0.4, -0.2) is 20.8 Å². The van der Waals surface area contributed by atoms with Crippen LogP contribution in [0, 0.1) is 0 Å². The van der Waals surface area contributed by atoms with Crippen molar-refractivity contribution in [2.24, 2.45) is 0 Å². The summed E-state index contributed by atoms with van der Waals surface area (Å²) < 4.78 is 24.5. The van der Waals surface area contributed by atoms with Crippen molar-refractivity contribution in [1.29, 1.82) is 0 Å². The molecule has 0 N–H and O–H groups in total. The van der Waals surface area contributed by atoms with E-state index in [-0.39, 0.29) is 0 Å². The summed E-state index contributed by atoms with van der Waals surface area (Å²) in [6, 6.07) is 5.09. The molecule has 0 amide bonds. The summed E-state index contributed by atoms with van der Waals surface area (Å²) in [5, 5.41) is 1.06. The fourth-order valence-electron chi connectivity index (χ4n) is 0.669. The van der Waals surface area contributed by atoms with Crippen LogP contribution >= 0.6 is 0 Å². The average Bonchev–Trinajstić information content (AvgIpc) is 2.05. The number of anilines is 1. The van der Waals surface area contributed by atoms with Gasteiger partial charge in [0.2, 0.25) is 0 Å². The minimum absolute atomic E-state index is 0.432. The zero-order chi connectivity index (χ0) is 8.97. The highest BCUT2D eigenvalue weighted by molar-refractivity contribution is 7.74. The van der Waals surface area contributed by atoms with Crippen LogP contribution in [0.4, 0.5) is 5.82 Å². The van der Waals surface area contributed by atoms with Gasteiger partial charge in [-0.2, -0.15) is 4.28 Å². The smallest absolute Gasteiger partial charge is 0.153 e. The first-order chi connectivity index (χ1) is 5.70. The van der Waals surface area contributed by atoms with Gasteiger partial charge in [0.1, 0.15) is 11.4 Å². The maximum atomic E-state index is 10.1. The number of hydrogen-bond acceptors (Lipinski definition) is 5. The molecule has 1 atom stereocenters. The van der Waals surface area contributed by atoms with Crippen molar-refractivity contribution < 1.29 is 13.0 Å². The highest BCUT2D eigenvalue weighted by atomic mass is 32.2. The molecule has 1 aromatic heterocycles. The van der Waals surface area contributed by atoms with E-state index in [4.69, 9.17) is 0 Å². The van der Waals surface area contributed by atoms with Gasteiger partial charge >= 0.3 is 0 Å². The first-order valence-corrected chi connectivity index (χ1v) is 4.12. The van der Waals surface area contributed by atoms with Gasteiger partial charge in [-0.05, 0) is 12.1 Å². The van der Waals surface area contributed by atoms with E-state index in [1.54, 1.807) is 24.4 Å². The van der Waals surface area contributed by atoms with Gasteiger partial charge in [0, 0.05) is 13.2 Å². The van der Waals surface area contributed by atoms with Crippen molar-refractivity contribution in [3.63, 3.8) is 0 Å². The molecule has 1 unspecified atom stereocenters. The number of pyridine rings is 1. The molecule has 0 fully saturated rings. The van der Waals surface area contributed by atoms with Gasteiger partial charge in [-0.3, -0.25) is 0 Å². The lowest BCUT2D eigenvalue weighted by molar-refractivity contribution is 0.286. The molecular formula is C6H7N2O3S-. The molecule has 0 aliphatic rings. The maximum Gasteiger partial charge on any atom is 0.153 e. The van der Waals surface area contributed by atoms with E-state index in [0.29, 0.717) is 5.82 Å². The van der Waals surface area contributed by atoms with Crippen LogP contribution < -0.4 is 5.06 Å². The van der Waals surface area contributed by atoms with E-state index < -0.39 is 11.4 Å². The van der Waals surface area contributed by atoms with Crippen LogP contribution in [0.15, 0.2) is 24.4 Å². The summed E-state index contributed by atoms with van der Waals surface area (Å²) in [6.07, 6.45) is 1.54. The summed E-state index contributed by atoms with van der Waals surface area (Å²) in [5.41, 5.74) is 0.